The van der Waals surface area contributed by atoms with Crippen LogP contribution in [0.2, 0.25) is 0 Å². The quantitative estimate of drug-likeness (QED) is 0.787. The van der Waals surface area contributed by atoms with E-state index in [9.17, 15) is 9.59 Å². The largest absolute Gasteiger partial charge is 0.330 e. The Labute approximate surface area is 132 Å². The summed E-state index contributed by atoms with van der Waals surface area (Å²) in [5, 5.41) is 8.11. The van der Waals surface area contributed by atoms with Gasteiger partial charge in [0.1, 0.15) is 5.69 Å². The number of nitrogens with one attached hydrogen (secondary N) is 2. The smallest absolute Gasteiger partial charge is 0.275 e. The molecule has 116 valence electrons. The van der Waals surface area contributed by atoms with Gasteiger partial charge in [-0.3, -0.25) is 9.59 Å². The summed E-state index contributed by atoms with van der Waals surface area (Å²) in [5.74, 6) is -0.430. The van der Waals surface area contributed by atoms with Gasteiger partial charge in [-0.25, -0.2) is 4.98 Å². The van der Waals surface area contributed by atoms with Gasteiger partial charge < -0.3 is 16.4 Å². The Morgan fingerprint density at radius 3 is 2.59 bits per heavy atom. The Hall–Kier alpha value is -2.25. The SMILES string of the molecule is CC(=O)Nc1cccc(NC(=O)c2csc(CCN)n2)c1C. The van der Waals surface area contributed by atoms with E-state index >= 15 is 0 Å². The number of carbonyl (C=O) groups excluding carboxylic acids is 2. The first-order valence-corrected chi connectivity index (χ1v) is 7.72. The van der Waals surface area contributed by atoms with Gasteiger partial charge >= 0.3 is 0 Å². The number of nitrogens with zero attached hydrogens (tertiary/aromatic N) is 1. The average Bonchev–Trinajstić information content (AvgIpc) is 2.92. The minimum Gasteiger partial charge on any atom is -0.330 e. The van der Waals surface area contributed by atoms with E-state index < -0.39 is 0 Å². The van der Waals surface area contributed by atoms with Gasteiger partial charge in [0.25, 0.3) is 5.91 Å². The number of amides is 2. The molecule has 0 unspecified atom stereocenters. The molecule has 0 atom stereocenters. The van der Waals surface area contributed by atoms with E-state index in [1.807, 2.05) is 6.92 Å². The van der Waals surface area contributed by atoms with Crippen molar-refractivity contribution in [1.29, 1.82) is 0 Å². The third-order valence-electron chi connectivity index (χ3n) is 3.04. The van der Waals surface area contributed by atoms with Crippen molar-refractivity contribution < 1.29 is 9.59 Å². The van der Waals surface area contributed by atoms with Crippen LogP contribution in [0.25, 0.3) is 0 Å². The van der Waals surface area contributed by atoms with Gasteiger partial charge in [-0.1, -0.05) is 6.07 Å². The number of rotatable bonds is 5. The van der Waals surface area contributed by atoms with Crippen LogP contribution >= 0.6 is 11.3 Å². The molecule has 0 aliphatic carbocycles. The Kier molecular flexibility index (Phi) is 5.24. The Morgan fingerprint density at radius 1 is 1.27 bits per heavy atom. The highest BCUT2D eigenvalue weighted by atomic mass is 32.1. The molecule has 0 aliphatic heterocycles. The summed E-state index contributed by atoms with van der Waals surface area (Å²) in [6, 6.07) is 5.34. The van der Waals surface area contributed by atoms with Crippen LogP contribution in [-0.4, -0.2) is 23.3 Å². The molecule has 2 rings (SSSR count). The molecule has 0 bridgehead atoms. The summed E-state index contributed by atoms with van der Waals surface area (Å²) < 4.78 is 0. The van der Waals surface area contributed by atoms with E-state index in [4.69, 9.17) is 5.73 Å². The highest BCUT2D eigenvalue weighted by Gasteiger charge is 2.13. The summed E-state index contributed by atoms with van der Waals surface area (Å²) in [7, 11) is 0. The zero-order chi connectivity index (χ0) is 16.1. The summed E-state index contributed by atoms with van der Waals surface area (Å²) in [6.45, 7) is 3.78. The van der Waals surface area contributed by atoms with Gasteiger partial charge in [0.05, 0.1) is 5.01 Å². The maximum Gasteiger partial charge on any atom is 0.275 e. The van der Waals surface area contributed by atoms with Crippen molar-refractivity contribution in [3.05, 3.63) is 39.8 Å². The molecule has 1 heterocycles. The number of anilines is 2. The van der Waals surface area contributed by atoms with Crippen LogP contribution in [0.4, 0.5) is 11.4 Å². The average molecular weight is 318 g/mol. The molecule has 2 aromatic rings. The summed E-state index contributed by atoms with van der Waals surface area (Å²) in [5.41, 5.74) is 7.96. The lowest BCUT2D eigenvalue weighted by atomic mass is 10.1. The topological polar surface area (TPSA) is 97.1 Å². The lowest BCUT2D eigenvalue weighted by Gasteiger charge is -2.12. The Morgan fingerprint density at radius 2 is 1.95 bits per heavy atom. The molecular weight excluding hydrogens is 300 g/mol. The number of hydrogen-bond acceptors (Lipinski definition) is 5. The molecule has 0 fully saturated rings. The summed E-state index contributed by atoms with van der Waals surface area (Å²) in [6.07, 6.45) is 0.662. The molecule has 0 radical (unpaired) electrons. The van der Waals surface area contributed by atoms with E-state index in [-0.39, 0.29) is 11.8 Å². The predicted molar refractivity (Wildman–Crippen MR) is 88.3 cm³/mol. The van der Waals surface area contributed by atoms with Crippen LogP contribution in [0.5, 0.6) is 0 Å². The first-order valence-electron chi connectivity index (χ1n) is 6.84. The van der Waals surface area contributed by atoms with Crippen molar-refractivity contribution in [2.24, 2.45) is 5.73 Å². The first-order chi connectivity index (χ1) is 10.5. The van der Waals surface area contributed by atoms with Crippen molar-refractivity contribution in [1.82, 2.24) is 4.98 Å². The van der Waals surface area contributed by atoms with E-state index in [1.165, 1.54) is 18.3 Å². The van der Waals surface area contributed by atoms with Crippen molar-refractivity contribution in [2.45, 2.75) is 20.3 Å². The second-order valence-corrected chi connectivity index (χ2v) is 5.72. The van der Waals surface area contributed by atoms with Crippen LogP contribution in [-0.2, 0) is 11.2 Å². The maximum absolute atomic E-state index is 12.2. The van der Waals surface area contributed by atoms with E-state index in [0.29, 0.717) is 30.0 Å². The van der Waals surface area contributed by atoms with Gasteiger partial charge in [-0.05, 0) is 31.2 Å². The third-order valence-corrected chi connectivity index (χ3v) is 3.94. The Bertz CT molecular complexity index is 697. The summed E-state index contributed by atoms with van der Waals surface area (Å²) in [4.78, 5) is 27.7. The number of benzene rings is 1. The van der Waals surface area contributed by atoms with Crippen LogP contribution in [0.15, 0.2) is 23.6 Å². The highest BCUT2D eigenvalue weighted by Crippen LogP contribution is 2.24. The van der Waals surface area contributed by atoms with Crippen LogP contribution in [0.1, 0.15) is 28.0 Å². The van der Waals surface area contributed by atoms with Gasteiger partial charge in [0.15, 0.2) is 0 Å². The number of thiazole rings is 1. The third kappa shape index (κ3) is 3.90. The van der Waals surface area contributed by atoms with Gasteiger partial charge in [0, 0.05) is 30.1 Å². The van der Waals surface area contributed by atoms with Gasteiger partial charge in [-0.2, -0.15) is 0 Å². The fraction of sp³-hybridized carbons (Fsp3) is 0.267. The van der Waals surface area contributed by atoms with Crippen LogP contribution < -0.4 is 16.4 Å². The first kappa shape index (κ1) is 16.1. The molecule has 4 N–H and O–H groups in total. The fourth-order valence-corrected chi connectivity index (χ4v) is 2.73. The fourth-order valence-electron chi connectivity index (χ4n) is 1.94. The monoisotopic (exact) mass is 318 g/mol. The van der Waals surface area contributed by atoms with E-state index in [1.54, 1.807) is 23.6 Å². The number of carbonyl (C=O) groups is 2. The van der Waals surface area contributed by atoms with Crippen molar-refractivity contribution >= 4 is 34.5 Å². The molecule has 1 aromatic carbocycles. The number of aromatic nitrogens is 1. The number of nitrogens with two attached hydrogens (primary N) is 1. The lowest BCUT2D eigenvalue weighted by Crippen LogP contribution is -2.15. The van der Waals surface area contributed by atoms with Crippen molar-refractivity contribution in [3.63, 3.8) is 0 Å². The molecule has 0 aliphatic rings. The normalized spacial score (nSPS) is 10.3. The molecule has 6 nitrogen and oxygen atoms in total. The van der Waals surface area contributed by atoms with Crippen molar-refractivity contribution in [2.75, 3.05) is 17.2 Å². The molecule has 22 heavy (non-hydrogen) atoms. The molecule has 1 aromatic heterocycles. The molecule has 0 spiro atoms. The van der Waals surface area contributed by atoms with Gasteiger partial charge in [0.2, 0.25) is 5.91 Å². The second kappa shape index (κ2) is 7.15. The number of hydrogen-bond donors (Lipinski definition) is 3. The molecule has 0 saturated carbocycles. The lowest BCUT2D eigenvalue weighted by molar-refractivity contribution is -0.114. The molecule has 0 saturated heterocycles. The molecule has 2 amide bonds. The van der Waals surface area contributed by atoms with Crippen LogP contribution in [0.3, 0.4) is 0 Å². The zero-order valence-electron chi connectivity index (χ0n) is 12.5. The van der Waals surface area contributed by atoms with E-state index in [0.717, 1.165) is 10.6 Å². The standard InChI is InChI=1S/C15H18N4O2S/c1-9-11(17-10(2)20)4-3-5-12(9)19-15(21)13-8-22-14(18-13)6-7-16/h3-5,8H,6-7,16H2,1-2H3,(H,17,20)(H,19,21). The van der Waals surface area contributed by atoms with Crippen LogP contribution in [0, 0.1) is 6.92 Å². The molecule has 7 heteroatoms. The molecular formula is C15H18N4O2S. The second-order valence-electron chi connectivity index (χ2n) is 4.78. The minimum absolute atomic E-state index is 0.155. The summed E-state index contributed by atoms with van der Waals surface area (Å²) >= 11 is 1.42. The van der Waals surface area contributed by atoms with Crippen molar-refractivity contribution in [3.8, 4) is 0 Å². The maximum atomic E-state index is 12.2. The van der Waals surface area contributed by atoms with E-state index in [2.05, 4.69) is 15.6 Å². The van der Waals surface area contributed by atoms with Gasteiger partial charge in [-0.15, -0.1) is 11.3 Å². The predicted octanol–water partition coefficient (Wildman–Crippen LogP) is 2.16. The minimum atomic E-state index is -0.275. The Balaban J connectivity index is 2.15. The highest BCUT2D eigenvalue weighted by molar-refractivity contribution is 7.09. The zero-order valence-corrected chi connectivity index (χ0v) is 13.3.